The molecule has 0 bridgehead atoms. The molecular formula is C26H20BrFN4O2S. The van der Waals surface area contributed by atoms with Crippen molar-refractivity contribution in [2.45, 2.75) is 17.3 Å². The fraction of sp³-hybridized carbons (Fsp3) is 0.154. The lowest BCUT2D eigenvalue weighted by atomic mass is 9.84. The van der Waals surface area contributed by atoms with E-state index in [1.807, 2.05) is 53.4 Å². The van der Waals surface area contributed by atoms with Crippen molar-refractivity contribution in [3.8, 4) is 11.5 Å². The van der Waals surface area contributed by atoms with E-state index in [1.54, 1.807) is 19.2 Å². The summed E-state index contributed by atoms with van der Waals surface area (Å²) in [7, 11) is 1.65. The van der Waals surface area contributed by atoms with E-state index >= 15 is 0 Å². The van der Waals surface area contributed by atoms with Crippen molar-refractivity contribution in [1.29, 1.82) is 0 Å². The molecular weight excluding hydrogens is 531 g/mol. The van der Waals surface area contributed by atoms with Gasteiger partial charge in [-0.2, -0.15) is 4.98 Å². The first-order valence-electron chi connectivity index (χ1n) is 10.9. The summed E-state index contributed by atoms with van der Waals surface area (Å²) in [4.78, 5) is 4.69. The highest BCUT2D eigenvalue weighted by Gasteiger charge is 2.42. The molecule has 0 unspecified atom stereocenters. The first-order chi connectivity index (χ1) is 17.1. The standard InChI is InChI=1S/C26H20BrFN4O2S/c1-33-19-12-9-15(27)13-18(19)24-21-22(17-5-3-4-6-20(17)34-24)29-25-30-26(35-2)31-32(25)23(21)14-7-10-16(28)11-8-14/h3-13,23-24H,1-2H3,(H,29,30,31)/t23-,24-/m1/s1. The molecule has 0 saturated carbocycles. The Balaban J connectivity index is 1.65. The van der Waals surface area contributed by atoms with E-state index in [2.05, 4.69) is 21.2 Å². The van der Waals surface area contributed by atoms with Crippen LogP contribution in [0.5, 0.6) is 11.5 Å². The number of nitrogens with zero attached hydrogens (tertiary/aromatic N) is 3. The van der Waals surface area contributed by atoms with E-state index in [9.17, 15) is 4.39 Å². The van der Waals surface area contributed by atoms with Gasteiger partial charge in [0.1, 0.15) is 23.4 Å². The van der Waals surface area contributed by atoms with Crippen LogP contribution >= 0.6 is 27.7 Å². The van der Waals surface area contributed by atoms with Gasteiger partial charge in [-0.25, -0.2) is 9.07 Å². The van der Waals surface area contributed by atoms with Crippen LogP contribution in [0.1, 0.15) is 28.8 Å². The number of aromatic nitrogens is 3. The number of hydrogen-bond donors (Lipinski definition) is 1. The zero-order valence-corrected chi connectivity index (χ0v) is 21.2. The van der Waals surface area contributed by atoms with Crippen LogP contribution in [0.4, 0.5) is 10.3 Å². The summed E-state index contributed by atoms with van der Waals surface area (Å²) in [5, 5.41) is 8.93. The zero-order valence-electron chi connectivity index (χ0n) is 18.8. The van der Waals surface area contributed by atoms with Crippen molar-refractivity contribution in [2.24, 2.45) is 0 Å². The minimum Gasteiger partial charge on any atom is -0.496 e. The molecule has 6 nitrogen and oxygen atoms in total. The summed E-state index contributed by atoms with van der Waals surface area (Å²) in [5.74, 6) is 1.79. The highest BCUT2D eigenvalue weighted by molar-refractivity contribution is 9.10. The van der Waals surface area contributed by atoms with E-state index < -0.39 is 6.10 Å². The van der Waals surface area contributed by atoms with Gasteiger partial charge in [0.15, 0.2) is 6.10 Å². The maximum Gasteiger partial charge on any atom is 0.227 e. The van der Waals surface area contributed by atoms with Crippen LogP contribution in [0.2, 0.25) is 0 Å². The van der Waals surface area contributed by atoms with Crippen molar-refractivity contribution in [2.75, 3.05) is 18.7 Å². The second-order valence-corrected chi connectivity index (χ2v) is 9.85. The molecule has 0 aliphatic carbocycles. The lowest BCUT2D eigenvalue weighted by molar-refractivity contribution is 0.217. The molecule has 0 radical (unpaired) electrons. The Morgan fingerprint density at radius 1 is 1.11 bits per heavy atom. The zero-order chi connectivity index (χ0) is 24.1. The fourth-order valence-electron chi connectivity index (χ4n) is 4.68. The number of methoxy groups -OCH3 is 1. The topological polar surface area (TPSA) is 61.2 Å². The minimum atomic E-state index is -0.495. The summed E-state index contributed by atoms with van der Waals surface area (Å²) < 4.78 is 29.1. The number of thioether (sulfide) groups is 1. The number of halogens is 2. The summed E-state index contributed by atoms with van der Waals surface area (Å²) in [6.07, 6.45) is 1.44. The van der Waals surface area contributed by atoms with Crippen LogP contribution in [-0.2, 0) is 0 Å². The van der Waals surface area contributed by atoms with Gasteiger partial charge in [-0.1, -0.05) is 52.0 Å². The molecule has 6 rings (SSSR count). The first-order valence-corrected chi connectivity index (χ1v) is 13.0. The molecule has 176 valence electrons. The third kappa shape index (κ3) is 3.70. The van der Waals surface area contributed by atoms with E-state index in [0.29, 0.717) is 16.9 Å². The van der Waals surface area contributed by atoms with Gasteiger partial charge in [-0.05, 0) is 54.3 Å². The molecule has 35 heavy (non-hydrogen) atoms. The third-order valence-corrected chi connectivity index (χ3v) is 7.23. The molecule has 2 aliphatic heterocycles. The lowest BCUT2D eigenvalue weighted by Gasteiger charge is -2.39. The number of anilines is 1. The largest absolute Gasteiger partial charge is 0.496 e. The summed E-state index contributed by atoms with van der Waals surface area (Å²) in [6.45, 7) is 0. The Morgan fingerprint density at radius 2 is 1.91 bits per heavy atom. The Hall–Kier alpha value is -3.30. The van der Waals surface area contributed by atoms with Crippen molar-refractivity contribution in [3.63, 3.8) is 0 Å². The average molecular weight is 551 g/mol. The summed E-state index contributed by atoms with van der Waals surface area (Å²) in [6, 6.07) is 19.9. The lowest BCUT2D eigenvalue weighted by Crippen LogP contribution is -2.32. The predicted octanol–water partition coefficient (Wildman–Crippen LogP) is 6.47. The van der Waals surface area contributed by atoms with Crippen molar-refractivity contribution in [1.82, 2.24) is 14.8 Å². The maximum atomic E-state index is 13.9. The molecule has 0 saturated heterocycles. The van der Waals surface area contributed by atoms with Crippen molar-refractivity contribution < 1.29 is 13.9 Å². The van der Waals surface area contributed by atoms with Gasteiger partial charge >= 0.3 is 0 Å². The maximum absolute atomic E-state index is 13.9. The van der Waals surface area contributed by atoms with Gasteiger partial charge in [0, 0.05) is 21.2 Å². The summed E-state index contributed by atoms with van der Waals surface area (Å²) >= 11 is 5.07. The van der Waals surface area contributed by atoms with Crippen LogP contribution in [0.3, 0.4) is 0 Å². The number of fused-ring (bicyclic) bond motifs is 3. The van der Waals surface area contributed by atoms with Crippen molar-refractivity contribution in [3.05, 3.63) is 99.3 Å². The molecule has 2 aliphatic rings. The Bertz CT molecular complexity index is 1470. The number of para-hydroxylation sites is 1. The fourth-order valence-corrected chi connectivity index (χ4v) is 5.40. The number of hydrogen-bond acceptors (Lipinski definition) is 6. The molecule has 0 spiro atoms. The van der Waals surface area contributed by atoms with Crippen LogP contribution < -0.4 is 14.8 Å². The molecule has 1 aromatic heterocycles. The van der Waals surface area contributed by atoms with Crippen LogP contribution in [0.25, 0.3) is 5.70 Å². The highest BCUT2D eigenvalue weighted by Crippen LogP contribution is 2.52. The highest BCUT2D eigenvalue weighted by atomic mass is 79.9. The van der Waals surface area contributed by atoms with Crippen LogP contribution in [0, 0.1) is 5.82 Å². The molecule has 1 N–H and O–H groups in total. The second-order valence-electron chi connectivity index (χ2n) is 8.16. The van der Waals surface area contributed by atoms with Crippen LogP contribution in [0.15, 0.2) is 81.9 Å². The summed E-state index contributed by atoms with van der Waals surface area (Å²) in [5.41, 5.74) is 4.52. The monoisotopic (exact) mass is 550 g/mol. The Labute approximate surface area is 214 Å². The van der Waals surface area contributed by atoms with Gasteiger partial charge in [0.2, 0.25) is 11.1 Å². The average Bonchev–Trinajstić information content (AvgIpc) is 3.30. The van der Waals surface area contributed by atoms with Gasteiger partial charge in [-0.15, -0.1) is 5.10 Å². The van der Waals surface area contributed by atoms with Gasteiger partial charge < -0.3 is 14.8 Å². The smallest absolute Gasteiger partial charge is 0.227 e. The number of rotatable bonds is 4. The van der Waals surface area contributed by atoms with E-state index in [1.165, 1.54) is 23.9 Å². The molecule has 3 aromatic carbocycles. The minimum absolute atomic E-state index is 0.295. The van der Waals surface area contributed by atoms with E-state index in [0.717, 1.165) is 38.2 Å². The van der Waals surface area contributed by atoms with Crippen molar-refractivity contribution >= 4 is 39.3 Å². The Morgan fingerprint density at radius 3 is 2.69 bits per heavy atom. The van der Waals surface area contributed by atoms with Crippen LogP contribution in [-0.4, -0.2) is 28.1 Å². The normalized spacial score (nSPS) is 18.2. The molecule has 2 atom stereocenters. The number of nitrogens with one attached hydrogen (secondary N) is 1. The SMILES string of the molecule is COc1ccc(Br)cc1[C@H]1Oc2ccccc2C2=C1[C@@H](c1ccc(F)cc1)n1nc(SC)nc1N2. The number of ether oxygens (including phenoxy) is 2. The Kier molecular flexibility index (Phi) is 5.53. The molecule has 0 fully saturated rings. The van der Waals surface area contributed by atoms with Gasteiger partial charge in [0.25, 0.3) is 0 Å². The molecule has 0 amide bonds. The molecule has 9 heteroatoms. The number of benzene rings is 3. The van der Waals surface area contributed by atoms with Gasteiger partial charge in [0.05, 0.1) is 12.8 Å². The first kappa shape index (κ1) is 22.2. The molecule has 4 aromatic rings. The van der Waals surface area contributed by atoms with E-state index in [-0.39, 0.29) is 11.9 Å². The molecule has 3 heterocycles. The van der Waals surface area contributed by atoms with E-state index in [4.69, 9.17) is 19.6 Å². The third-order valence-electron chi connectivity index (χ3n) is 6.20. The predicted molar refractivity (Wildman–Crippen MR) is 137 cm³/mol. The quantitative estimate of drug-likeness (QED) is 0.294. The van der Waals surface area contributed by atoms with Gasteiger partial charge in [-0.3, -0.25) is 0 Å². The second kappa shape index (κ2) is 8.73.